The van der Waals surface area contributed by atoms with E-state index in [9.17, 15) is 4.79 Å². The Morgan fingerprint density at radius 3 is 2.65 bits per heavy atom. The van der Waals surface area contributed by atoms with Crippen molar-refractivity contribution in [1.82, 2.24) is 9.88 Å². The fraction of sp³-hybridized carbons (Fsp3) is 0.385. The molecule has 4 heteroatoms. The molecule has 1 aromatic rings. The minimum absolute atomic E-state index is 0.304. The van der Waals surface area contributed by atoms with Crippen LogP contribution in [0, 0.1) is 0 Å². The summed E-state index contributed by atoms with van der Waals surface area (Å²) in [5.41, 5.74) is 1.10. The third kappa shape index (κ3) is 4.36. The lowest BCUT2D eigenvalue weighted by atomic mass is 10.2. The molecule has 0 aliphatic heterocycles. The third-order valence-electron chi connectivity index (χ3n) is 2.47. The molecule has 0 saturated heterocycles. The monoisotopic (exact) mass is 234 g/mol. The first-order valence-electron chi connectivity index (χ1n) is 5.71. The maximum atomic E-state index is 10.9. The van der Waals surface area contributed by atoms with Crippen molar-refractivity contribution in [1.29, 1.82) is 0 Å². The summed E-state index contributed by atoms with van der Waals surface area (Å²) in [6, 6.07) is 3.61. The van der Waals surface area contributed by atoms with Gasteiger partial charge in [0.05, 0.1) is 0 Å². The second-order valence-electron chi connectivity index (χ2n) is 3.59. The van der Waals surface area contributed by atoms with Crippen LogP contribution in [0.2, 0.25) is 0 Å². The van der Waals surface area contributed by atoms with Crippen LogP contribution < -0.4 is 4.74 Å². The molecule has 92 valence electrons. The molecule has 1 heterocycles. The largest absolute Gasteiger partial charge is 0.404 e. The van der Waals surface area contributed by atoms with Gasteiger partial charge in [-0.2, -0.15) is 0 Å². The standard InChI is InChI=1S/C13H18N2O2/c1-4-13(16)17-12-8-7-11(9-14-12)10-15(5-2)6-3/h4,7-9H,1,5-6,10H2,2-3H3. The number of ether oxygens (including phenoxy) is 1. The predicted molar refractivity (Wildman–Crippen MR) is 66.7 cm³/mol. The molecular weight excluding hydrogens is 216 g/mol. The van der Waals surface area contributed by atoms with E-state index in [1.165, 1.54) is 0 Å². The lowest BCUT2D eigenvalue weighted by Crippen LogP contribution is -2.22. The molecule has 0 spiro atoms. The number of hydrogen-bond acceptors (Lipinski definition) is 4. The molecule has 17 heavy (non-hydrogen) atoms. The second kappa shape index (κ2) is 6.81. The molecule has 0 radical (unpaired) electrons. The van der Waals surface area contributed by atoms with Gasteiger partial charge < -0.3 is 4.74 Å². The molecular formula is C13H18N2O2. The molecule has 0 unspecified atom stereocenters. The molecule has 0 atom stereocenters. The molecule has 0 fully saturated rings. The van der Waals surface area contributed by atoms with E-state index in [-0.39, 0.29) is 0 Å². The van der Waals surface area contributed by atoms with Gasteiger partial charge in [-0.1, -0.05) is 26.5 Å². The van der Waals surface area contributed by atoms with E-state index in [0.29, 0.717) is 5.88 Å². The van der Waals surface area contributed by atoms with E-state index < -0.39 is 5.97 Å². The second-order valence-corrected chi connectivity index (χ2v) is 3.59. The Hall–Kier alpha value is -1.68. The average molecular weight is 234 g/mol. The summed E-state index contributed by atoms with van der Waals surface area (Å²) >= 11 is 0. The average Bonchev–Trinajstić information content (AvgIpc) is 2.37. The molecule has 0 saturated carbocycles. The molecule has 0 N–H and O–H groups in total. The van der Waals surface area contributed by atoms with Gasteiger partial charge in [0.15, 0.2) is 0 Å². The summed E-state index contributed by atoms with van der Waals surface area (Å²) in [4.78, 5) is 17.3. The van der Waals surface area contributed by atoms with E-state index >= 15 is 0 Å². The van der Waals surface area contributed by atoms with Crippen molar-refractivity contribution in [2.24, 2.45) is 0 Å². The first-order valence-corrected chi connectivity index (χ1v) is 5.71. The fourth-order valence-corrected chi connectivity index (χ4v) is 1.41. The lowest BCUT2D eigenvalue weighted by Gasteiger charge is -2.17. The maximum Gasteiger partial charge on any atom is 0.336 e. The Bertz CT molecular complexity index is 370. The van der Waals surface area contributed by atoms with E-state index in [1.54, 1.807) is 12.3 Å². The van der Waals surface area contributed by atoms with E-state index in [1.807, 2.05) is 6.07 Å². The zero-order chi connectivity index (χ0) is 12.7. The smallest absolute Gasteiger partial charge is 0.336 e. The Labute approximate surface area is 102 Å². The van der Waals surface area contributed by atoms with Gasteiger partial charge in [0.1, 0.15) is 0 Å². The van der Waals surface area contributed by atoms with Crippen LogP contribution in [0.1, 0.15) is 19.4 Å². The summed E-state index contributed by atoms with van der Waals surface area (Å²) < 4.78 is 4.89. The van der Waals surface area contributed by atoms with Crippen molar-refractivity contribution in [2.75, 3.05) is 13.1 Å². The summed E-state index contributed by atoms with van der Waals surface area (Å²) in [6.45, 7) is 10.4. The van der Waals surface area contributed by atoms with Crippen LogP contribution >= 0.6 is 0 Å². The van der Waals surface area contributed by atoms with Gasteiger partial charge in [-0.3, -0.25) is 4.90 Å². The van der Waals surface area contributed by atoms with Crippen LogP contribution in [0.25, 0.3) is 0 Å². The van der Waals surface area contributed by atoms with Crippen molar-refractivity contribution in [3.05, 3.63) is 36.5 Å². The highest BCUT2D eigenvalue weighted by Crippen LogP contribution is 2.09. The normalized spacial score (nSPS) is 10.3. The number of carbonyl (C=O) groups is 1. The van der Waals surface area contributed by atoms with E-state index in [4.69, 9.17) is 4.74 Å². The first-order chi connectivity index (χ1) is 8.19. The van der Waals surface area contributed by atoms with Crippen LogP contribution in [-0.2, 0) is 11.3 Å². The van der Waals surface area contributed by atoms with Crippen LogP contribution in [0.3, 0.4) is 0 Å². The zero-order valence-corrected chi connectivity index (χ0v) is 10.3. The Kier molecular flexibility index (Phi) is 5.36. The van der Waals surface area contributed by atoms with Crippen molar-refractivity contribution < 1.29 is 9.53 Å². The third-order valence-corrected chi connectivity index (χ3v) is 2.47. The van der Waals surface area contributed by atoms with Gasteiger partial charge in [0.25, 0.3) is 0 Å². The molecule has 0 bridgehead atoms. The molecule has 0 amide bonds. The Morgan fingerprint density at radius 1 is 1.47 bits per heavy atom. The summed E-state index contributed by atoms with van der Waals surface area (Å²) in [5.74, 6) is -0.188. The quantitative estimate of drug-likeness (QED) is 0.558. The van der Waals surface area contributed by atoms with Gasteiger partial charge in [-0.15, -0.1) is 0 Å². The molecule has 0 aliphatic carbocycles. The van der Waals surface area contributed by atoms with Gasteiger partial charge >= 0.3 is 5.97 Å². The summed E-state index contributed by atoms with van der Waals surface area (Å²) in [6.07, 6.45) is 2.84. The number of carbonyl (C=O) groups excluding carboxylic acids is 1. The maximum absolute atomic E-state index is 10.9. The van der Waals surface area contributed by atoms with Crippen LogP contribution in [0.5, 0.6) is 5.88 Å². The minimum atomic E-state index is -0.492. The lowest BCUT2D eigenvalue weighted by molar-refractivity contribution is -0.129. The predicted octanol–water partition coefficient (Wildman–Crippen LogP) is 2.01. The van der Waals surface area contributed by atoms with Crippen molar-refractivity contribution in [3.63, 3.8) is 0 Å². The molecule has 1 rings (SSSR count). The fourth-order valence-electron chi connectivity index (χ4n) is 1.41. The highest BCUT2D eigenvalue weighted by atomic mass is 16.5. The summed E-state index contributed by atoms with van der Waals surface area (Å²) in [7, 11) is 0. The SMILES string of the molecule is C=CC(=O)Oc1ccc(CN(CC)CC)cn1. The van der Waals surface area contributed by atoms with Crippen molar-refractivity contribution in [3.8, 4) is 5.88 Å². The minimum Gasteiger partial charge on any atom is -0.404 e. The highest BCUT2D eigenvalue weighted by molar-refractivity contribution is 5.83. The van der Waals surface area contributed by atoms with Crippen LogP contribution in [0.4, 0.5) is 0 Å². The number of rotatable bonds is 6. The van der Waals surface area contributed by atoms with Crippen molar-refractivity contribution >= 4 is 5.97 Å². The van der Waals surface area contributed by atoms with Gasteiger partial charge in [-0.25, -0.2) is 9.78 Å². The number of nitrogens with zero attached hydrogens (tertiary/aromatic N) is 2. The molecule has 0 aliphatic rings. The first kappa shape index (κ1) is 13.4. The van der Waals surface area contributed by atoms with Gasteiger partial charge in [0, 0.05) is 24.9 Å². The van der Waals surface area contributed by atoms with Gasteiger partial charge in [0.2, 0.25) is 5.88 Å². The van der Waals surface area contributed by atoms with E-state index in [0.717, 1.165) is 31.3 Å². The number of esters is 1. The van der Waals surface area contributed by atoms with Crippen LogP contribution in [0.15, 0.2) is 31.0 Å². The zero-order valence-electron chi connectivity index (χ0n) is 10.3. The van der Waals surface area contributed by atoms with Crippen molar-refractivity contribution in [2.45, 2.75) is 20.4 Å². The summed E-state index contributed by atoms with van der Waals surface area (Å²) in [5, 5.41) is 0. The Morgan fingerprint density at radius 2 is 2.18 bits per heavy atom. The topological polar surface area (TPSA) is 42.4 Å². The highest BCUT2D eigenvalue weighted by Gasteiger charge is 2.04. The van der Waals surface area contributed by atoms with Gasteiger partial charge in [-0.05, 0) is 18.7 Å². The Balaban J connectivity index is 2.61. The number of pyridine rings is 1. The molecule has 0 aromatic carbocycles. The molecule has 1 aromatic heterocycles. The molecule has 4 nitrogen and oxygen atoms in total. The van der Waals surface area contributed by atoms with E-state index in [2.05, 4.69) is 30.3 Å². The van der Waals surface area contributed by atoms with Crippen LogP contribution in [-0.4, -0.2) is 28.9 Å². The number of aromatic nitrogens is 1. The number of hydrogen-bond donors (Lipinski definition) is 0.